The van der Waals surface area contributed by atoms with E-state index in [1.807, 2.05) is 36.4 Å². The van der Waals surface area contributed by atoms with E-state index in [0.29, 0.717) is 17.1 Å². The van der Waals surface area contributed by atoms with Gasteiger partial charge in [-0.3, -0.25) is 0 Å². The molecule has 0 saturated heterocycles. The van der Waals surface area contributed by atoms with Crippen molar-refractivity contribution in [3.05, 3.63) is 295 Å². The number of aromatic nitrogens is 5. The summed E-state index contributed by atoms with van der Waals surface area (Å²) in [5.74, 6) is 0.593. The monoisotopic (exact) mass is 1100 g/mol. The zero-order valence-electron chi connectivity index (χ0n) is 47.7. The molecular weight excluding hydrogens is 1040 g/mol. The number of aryl methyl sites for hydroxylation is 3. The van der Waals surface area contributed by atoms with Crippen LogP contribution < -0.4 is 0 Å². The highest BCUT2D eigenvalue weighted by Gasteiger charge is 2.26. The van der Waals surface area contributed by atoms with Crippen LogP contribution in [0.2, 0.25) is 0 Å². The Morgan fingerprint density at radius 2 is 0.651 bits per heavy atom. The predicted octanol–water partition coefficient (Wildman–Crippen LogP) is 20.6. The van der Waals surface area contributed by atoms with E-state index in [-0.39, 0.29) is 0 Å². The summed E-state index contributed by atoms with van der Waals surface area (Å²) in [5.41, 5.74) is 23.6. The summed E-state index contributed by atoms with van der Waals surface area (Å²) >= 11 is 0. The quantitative estimate of drug-likeness (QED) is 0.145. The minimum Gasteiger partial charge on any atom is -0.309 e. The van der Waals surface area contributed by atoms with Gasteiger partial charge in [0.15, 0.2) is 5.82 Å². The Kier molecular flexibility index (Phi) is 11.8. The molecule has 6 nitrogen and oxygen atoms in total. The van der Waals surface area contributed by atoms with Gasteiger partial charge in [0.1, 0.15) is 6.07 Å². The third-order valence-corrected chi connectivity index (χ3v) is 17.3. The van der Waals surface area contributed by atoms with Crippen LogP contribution in [0, 0.1) is 32.1 Å². The van der Waals surface area contributed by atoms with Crippen molar-refractivity contribution in [2.45, 2.75) is 20.8 Å². The minimum absolute atomic E-state index is 0.542. The van der Waals surface area contributed by atoms with Crippen LogP contribution in [0.25, 0.3) is 150 Å². The van der Waals surface area contributed by atoms with Crippen LogP contribution in [0.3, 0.4) is 0 Å². The van der Waals surface area contributed by atoms with E-state index >= 15 is 0 Å². The average molecular weight is 1100 g/mol. The van der Waals surface area contributed by atoms with Crippen molar-refractivity contribution in [1.82, 2.24) is 23.7 Å². The first-order valence-corrected chi connectivity index (χ1v) is 29.3. The third kappa shape index (κ3) is 8.24. The van der Waals surface area contributed by atoms with Crippen molar-refractivity contribution in [3.8, 4) is 90.4 Å². The molecule has 0 radical (unpaired) electrons. The second kappa shape index (κ2) is 20.2. The van der Waals surface area contributed by atoms with E-state index in [1.54, 1.807) is 0 Å². The molecule has 0 atom stereocenters. The van der Waals surface area contributed by atoms with Gasteiger partial charge in [-0.2, -0.15) is 5.26 Å². The summed E-state index contributed by atoms with van der Waals surface area (Å²) < 4.78 is 7.06. The molecular formula is C80H54N6. The van der Waals surface area contributed by atoms with E-state index in [2.05, 4.69) is 277 Å². The molecule has 0 saturated carbocycles. The largest absolute Gasteiger partial charge is 0.309 e. The Hall–Kier alpha value is -11.4. The van der Waals surface area contributed by atoms with Crippen molar-refractivity contribution in [2.24, 2.45) is 0 Å². The lowest BCUT2D eigenvalue weighted by Crippen LogP contribution is -2.02. The fourth-order valence-corrected chi connectivity index (χ4v) is 13.3. The predicted molar refractivity (Wildman–Crippen MR) is 357 cm³/mol. The van der Waals surface area contributed by atoms with Gasteiger partial charge in [0.25, 0.3) is 0 Å². The van der Waals surface area contributed by atoms with Crippen LogP contribution in [0.5, 0.6) is 0 Å². The Balaban J connectivity index is 0.963. The van der Waals surface area contributed by atoms with Gasteiger partial charge in [-0.25, -0.2) is 9.97 Å². The first kappa shape index (κ1) is 50.3. The van der Waals surface area contributed by atoms with Gasteiger partial charge in [0.2, 0.25) is 0 Å². The van der Waals surface area contributed by atoms with Crippen molar-refractivity contribution >= 4 is 65.4 Å². The Bertz CT molecular complexity index is 5350. The molecule has 404 valence electrons. The molecule has 0 spiro atoms. The highest BCUT2D eigenvalue weighted by atomic mass is 15.0. The molecule has 0 unspecified atom stereocenters. The van der Waals surface area contributed by atoms with Crippen LogP contribution in [0.15, 0.2) is 273 Å². The third-order valence-electron chi connectivity index (χ3n) is 17.3. The summed E-state index contributed by atoms with van der Waals surface area (Å²) in [4.78, 5) is 10.8. The van der Waals surface area contributed by atoms with E-state index in [4.69, 9.17) is 9.97 Å². The first-order valence-electron chi connectivity index (χ1n) is 29.3. The Morgan fingerprint density at radius 3 is 1.08 bits per heavy atom. The number of nitriles is 1. The molecule has 0 fully saturated rings. The molecule has 16 aromatic rings. The zero-order chi connectivity index (χ0) is 57.6. The summed E-state index contributed by atoms with van der Waals surface area (Å²) in [5, 5.41) is 19.5. The second-order valence-electron chi connectivity index (χ2n) is 22.7. The lowest BCUT2D eigenvalue weighted by molar-refractivity contribution is 1.18. The number of hydrogen-bond acceptors (Lipinski definition) is 3. The zero-order valence-corrected chi connectivity index (χ0v) is 47.7. The molecule has 6 heteroatoms. The van der Waals surface area contributed by atoms with Gasteiger partial charge in [0.05, 0.1) is 50.1 Å². The molecule has 86 heavy (non-hydrogen) atoms. The van der Waals surface area contributed by atoms with E-state index in [1.165, 1.54) is 49.0 Å². The van der Waals surface area contributed by atoms with Crippen molar-refractivity contribution in [3.63, 3.8) is 0 Å². The van der Waals surface area contributed by atoms with Crippen LogP contribution >= 0.6 is 0 Å². The van der Waals surface area contributed by atoms with Crippen LogP contribution in [0.4, 0.5) is 0 Å². The molecule has 0 aliphatic heterocycles. The van der Waals surface area contributed by atoms with E-state index < -0.39 is 0 Å². The Labute approximate surface area is 498 Å². The van der Waals surface area contributed by atoms with Crippen LogP contribution in [-0.4, -0.2) is 23.7 Å². The normalized spacial score (nSPS) is 11.7. The maximum atomic E-state index is 12.3. The summed E-state index contributed by atoms with van der Waals surface area (Å²) in [6, 6.07) is 100. The lowest BCUT2D eigenvalue weighted by Gasteiger charge is -2.22. The number of fused-ring (bicyclic) bond motifs is 9. The number of rotatable bonds is 9. The molecule has 4 heterocycles. The van der Waals surface area contributed by atoms with Crippen molar-refractivity contribution in [2.75, 3.05) is 0 Å². The lowest BCUT2D eigenvalue weighted by atomic mass is 9.82. The SMILES string of the molecule is Cc1ccc2c(c1)c1ccccc1n2-c1ccc(-c2cc(-c3cc(-c4ccccc4)nc(-c4ccccc4)n3)c(-c3ccc(-n4c5ccccc5c5cc(C)ccc54)cc3)c(C#N)c2-c2ccc(-n3c4ccccc4c4cc(C)ccc43)cc2)cc1. The summed E-state index contributed by atoms with van der Waals surface area (Å²) in [7, 11) is 0. The molecule has 0 N–H and O–H groups in total. The van der Waals surface area contributed by atoms with Crippen molar-refractivity contribution < 1.29 is 0 Å². The molecule has 4 aromatic heterocycles. The van der Waals surface area contributed by atoms with Gasteiger partial charge in [-0.05, 0) is 146 Å². The maximum Gasteiger partial charge on any atom is 0.160 e. The number of para-hydroxylation sites is 3. The van der Waals surface area contributed by atoms with Gasteiger partial charge in [-0.1, -0.05) is 187 Å². The number of nitrogens with zero attached hydrogens (tertiary/aromatic N) is 6. The standard InChI is InChI=1S/C80H54N6/c1-50-26-41-75-65(44-50)61-20-10-13-23-72(61)84(75)58-35-29-53(30-36-58)64-47-68(71-48-70(54-16-6-4-7-17-54)82-80(83-71)57-18-8-5-9-19-57)79(56-33-39-60(40-34-56)86-74-25-15-12-22-63(74)67-46-52(3)28-43-77(67)86)69(49-81)78(64)55-31-37-59(38-32-55)85-73-24-14-11-21-62(73)66-45-51(2)27-42-76(66)85/h4-48H,1-3H3. The molecule has 0 aliphatic carbocycles. The summed E-state index contributed by atoms with van der Waals surface area (Å²) in [6.45, 7) is 6.46. The molecule has 0 aliphatic rings. The molecule has 16 rings (SSSR count). The molecule has 0 amide bonds. The molecule has 0 bridgehead atoms. The van der Waals surface area contributed by atoms with Crippen LogP contribution in [0.1, 0.15) is 22.3 Å². The summed E-state index contributed by atoms with van der Waals surface area (Å²) in [6.07, 6.45) is 0. The number of hydrogen-bond donors (Lipinski definition) is 0. The Morgan fingerprint density at radius 1 is 0.291 bits per heavy atom. The first-order chi connectivity index (χ1) is 42.3. The fourth-order valence-electron chi connectivity index (χ4n) is 13.3. The average Bonchev–Trinajstić information content (AvgIpc) is 2.50. The highest BCUT2D eigenvalue weighted by Crippen LogP contribution is 2.48. The van der Waals surface area contributed by atoms with E-state index in [0.717, 1.165) is 106 Å². The van der Waals surface area contributed by atoms with Crippen molar-refractivity contribution in [1.29, 1.82) is 5.26 Å². The second-order valence-corrected chi connectivity index (χ2v) is 22.7. The number of benzene rings is 12. The minimum atomic E-state index is 0.542. The molecule has 12 aromatic carbocycles. The topological polar surface area (TPSA) is 64.4 Å². The highest BCUT2D eigenvalue weighted by molar-refractivity contribution is 6.12. The van der Waals surface area contributed by atoms with Gasteiger partial charge in [0, 0.05) is 77.2 Å². The van der Waals surface area contributed by atoms with E-state index in [9.17, 15) is 5.26 Å². The van der Waals surface area contributed by atoms with Gasteiger partial charge >= 0.3 is 0 Å². The van der Waals surface area contributed by atoms with Gasteiger partial charge < -0.3 is 13.7 Å². The van der Waals surface area contributed by atoms with Gasteiger partial charge in [-0.15, -0.1) is 0 Å². The smallest absolute Gasteiger partial charge is 0.160 e. The van der Waals surface area contributed by atoms with Crippen LogP contribution in [-0.2, 0) is 0 Å². The fraction of sp³-hybridized carbons (Fsp3) is 0.0375. The maximum absolute atomic E-state index is 12.3.